The first kappa shape index (κ1) is 16.7. The molecule has 4 nitrogen and oxygen atoms in total. The van der Waals surface area contributed by atoms with Gasteiger partial charge in [0.15, 0.2) is 0 Å². The van der Waals surface area contributed by atoms with E-state index in [1.54, 1.807) is 13.2 Å². The molecule has 1 atom stereocenters. The zero-order chi connectivity index (χ0) is 16.1. The topological polar surface area (TPSA) is 45.8 Å². The zero-order valence-electron chi connectivity index (χ0n) is 13.2. The van der Waals surface area contributed by atoms with Crippen LogP contribution in [0.3, 0.4) is 0 Å². The molecule has 0 radical (unpaired) electrons. The van der Waals surface area contributed by atoms with Crippen LogP contribution in [0, 0.1) is 12.7 Å². The molecular formula is C17H22FNO3. The van der Waals surface area contributed by atoms with Gasteiger partial charge in [0.2, 0.25) is 0 Å². The van der Waals surface area contributed by atoms with E-state index in [-0.39, 0.29) is 5.82 Å². The largest absolute Gasteiger partial charge is 0.460 e. The Morgan fingerprint density at radius 1 is 1.32 bits per heavy atom. The maximum Gasteiger partial charge on any atom is 0.134 e. The Bertz CT molecular complexity index is 612. The molecule has 0 aliphatic carbocycles. The molecule has 0 saturated carbocycles. The molecule has 1 heterocycles. The van der Waals surface area contributed by atoms with Gasteiger partial charge in [0.1, 0.15) is 17.3 Å². The van der Waals surface area contributed by atoms with Gasteiger partial charge in [0.05, 0.1) is 19.3 Å². The molecule has 120 valence electrons. The molecule has 0 fully saturated rings. The van der Waals surface area contributed by atoms with Crippen molar-refractivity contribution in [3.8, 4) is 11.3 Å². The fourth-order valence-corrected chi connectivity index (χ4v) is 2.45. The lowest BCUT2D eigenvalue weighted by Crippen LogP contribution is -2.31. The summed E-state index contributed by atoms with van der Waals surface area (Å²) in [5, 5.41) is 9.71. The SMILES string of the molecule is COCC(O)CN(C)Cc1ccc(-c2ccc(F)cc2C)o1. The monoisotopic (exact) mass is 307 g/mol. The van der Waals surface area contributed by atoms with Crippen molar-refractivity contribution in [3.63, 3.8) is 0 Å². The number of halogens is 1. The number of aryl methyl sites for hydroxylation is 1. The summed E-state index contributed by atoms with van der Waals surface area (Å²) in [6.45, 7) is 3.25. The molecule has 0 aliphatic heterocycles. The van der Waals surface area contributed by atoms with Crippen LogP contribution >= 0.6 is 0 Å². The minimum absolute atomic E-state index is 0.250. The van der Waals surface area contributed by atoms with Gasteiger partial charge in [-0.3, -0.25) is 4.90 Å². The molecule has 1 N–H and O–H groups in total. The predicted octanol–water partition coefficient (Wildman–Crippen LogP) is 2.83. The van der Waals surface area contributed by atoms with Gasteiger partial charge in [-0.1, -0.05) is 0 Å². The van der Waals surface area contributed by atoms with E-state index in [9.17, 15) is 9.50 Å². The van der Waals surface area contributed by atoms with Gasteiger partial charge in [0.25, 0.3) is 0 Å². The minimum atomic E-state index is -0.524. The molecule has 2 aromatic rings. The van der Waals surface area contributed by atoms with Gasteiger partial charge >= 0.3 is 0 Å². The highest BCUT2D eigenvalue weighted by Gasteiger charge is 2.12. The van der Waals surface area contributed by atoms with Crippen LogP contribution in [-0.2, 0) is 11.3 Å². The lowest BCUT2D eigenvalue weighted by Gasteiger charge is -2.18. The van der Waals surface area contributed by atoms with Crippen LogP contribution < -0.4 is 0 Å². The number of ether oxygens (including phenoxy) is 1. The summed E-state index contributed by atoms with van der Waals surface area (Å²) in [6, 6.07) is 8.42. The van der Waals surface area contributed by atoms with Crippen LogP contribution in [0.25, 0.3) is 11.3 Å². The molecule has 1 aromatic carbocycles. The van der Waals surface area contributed by atoms with E-state index in [4.69, 9.17) is 9.15 Å². The number of benzene rings is 1. The second-order valence-electron chi connectivity index (χ2n) is 5.53. The van der Waals surface area contributed by atoms with E-state index < -0.39 is 6.10 Å². The Balaban J connectivity index is 2.02. The Morgan fingerprint density at radius 3 is 2.77 bits per heavy atom. The Kier molecular flexibility index (Phi) is 5.71. The molecular weight excluding hydrogens is 285 g/mol. The summed E-state index contributed by atoms with van der Waals surface area (Å²) < 4.78 is 23.9. The van der Waals surface area contributed by atoms with E-state index in [1.165, 1.54) is 12.1 Å². The predicted molar refractivity (Wildman–Crippen MR) is 83.1 cm³/mol. The summed E-state index contributed by atoms with van der Waals surface area (Å²) >= 11 is 0. The Morgan fingerprint density at radius 2 is 2.09 bits per heavy atom. The van der Waals surface area contributed by atoms with E-state index in [2.05, 4.69) is 0 Å². The van der Waals surface area contributed by atoms with Crippen LogP contribution in [-0.4, -0.2) is 43.4 Å². The fourth-order valence-electron chi connectivity index (χ4n) is 2.45. The maximum atomic E-state index is 13.2. The first-order valence-electron chi connectivity index (χ1n) is 7.20. The van der Waals surface area contributed by atoms with Crippen LogP contribution in [0.1, 0.15) is 11.3 Å². The number of furan rings is 1. The van der Waals surface area contributed by atoms with Crippen molar-refractivity contribution in [1.82, 2.24) is 4.90 Å². The van der Waals surface area contributed by atoms with Gasteiger partial charge in [-0.05, 0) is 49.9 Å². The van der Waals surface area contributed by atoms with Gasteiger partial charge in [-0.15, -0.1) is 0 Å². The van der Waals surface area contributed by atoms with Crippen molar-refractivity contribution >= 4 is 0 Å². The minimum Gasteiger partial charge on any atom is -0.460 e. The molecule has 0 saturated heterocycles. The molecule has 2 rings (SSSR count). The van der Waals surface area contributed by atoms with E-state index in [0.717, 1.165) is 22.6 Å². The quantitative estimate of drug-likeness (QED) is 0.854. The number of aliphatic hydroxyl groups is 1. The maximum absolute atomic E-state index is 13.2. The van der Waals surface area contributed by atoms with Crippen LogP contribution in [0.4, 0.5) is 4.39 Å². The summed E-state index contributed by atoms with van der Waals surface area (Å²) in [6.07, 6.45) is -0.524. The average Bonchev–Trinajstić information content (AvgIpc) is 2.86. The smallest absolute Gasteiger partial charge is 0.134 e. The molecule has 0 spiro atoms. The van der Waals surface area contributed by atoms with Crippen molar-refractivity contribution in [1.29, 1.82) is 0 Å². The normalized spacial score (nSPS) is 12.8. The van der Waals surface area contributed by atoms with Crippen molar-refractivity contribution in [3.05, 3.63) is 47.5 Å². The summed E-state index contributed by atoms with van der Waals surface area (Å²) in [4.78, 5) is 1.96. The molecule has 5 heteroatoms. The third-order valence-corrected chi connectivity index (χ3v) is 3.42. The zero-order valence-corrected chi connectivity index (χ0v) is 13.2. The van der Waals surface area contributed by atoms with Crippen molar-refractivity contribution in [2.45, 2.75) is 19.6 Å². The highest BCUT2D eigenvalue weighted by atomic mass is 19.1. The van der Waals surface area contributed by atoms with Crippen LogP contribution in [0.5, 0.6) is 0 Å². The number of rotatable bonds is 7. The van der Waals surface area contributed by atoms with Gasteiger partial charge < -0.3 is 14.3 Å². The molecule has 0 bridgehead atoms. The lowest BCUT2D eigenvalue weighted by molar-refractivity contribution is 0.0407. The van der Waals surface area contributed by atoms with E-state index in [1.807, 2.05) is 31.0 Å². The molecule has 22 heavy (non-hydrogen) atoms. The second-order valence-corrected chi connectivity index (χ2v) is 5.53. The first-order chi connectivity index (χ1) is 10.5. The third-order valence-electron chi connectivity index (χ3n) is 3.42. The fraction of sp³-hybridized carbons (Fsp3) is 0.412. The summed E-state index contributed by atoms with van der Waals surface area (Å²) in [5.74, 6) is 1.27. The van der Waals surface area contributed by atoms with Crippen molar-refractivity contribution < 1.29 is 18.7 Å². The van der Waals surface area contributed by atoms with Crippen LogP contribution in [0.15, 0.2) is 34.7 Å². The number of methoxy groups -OCH3 is 1. The highest BCUT2D eigenvalue weighted by Crippen LogP contribution is 2.26. The summed E-state index contributed by atoms with van der Waals surface area (Å²) in [5.41, 5.74) is 1.72. The first-order valence-corrected chi connectivity index (χ1v) is 7.20. The Hall–Kier alpha value is -1.69. The number of nitrogens with zero attached hydrogens (tertiary/aromatic N) is 1. The average molecular weight is 307 g/mol. The highest BCUT2D eigenvalue weighted by molar-refractivity contribution is 5.62. The second kappa shape index (κ2) is 7.54. The number of aliphatic hydroxyl groups excluding tert-OH is 1. The van der Waals surface area contributed by atoms with E-state index in [0.29, 0.717) is 19.7 Å². The molecule has 1 aromatic heterocycles. The van der Waals surface area contributed by atoms with Crippen molar-refractivity contribution in [2.24, 2.45) is 0 Å². The third kappa shape index (κ3) is 4.40. The Labute approximate surface area is 130 Å². The number of hydrogen-bond acceptors (Lipinski definition) is 4. The van der Waals surface area contributed by atoms with Gasteiger partial charge in [0, 0.05) is 19.2 Å². The molecule has 0 amide bonds. The van der Waals surface area contributed by atoms with Gasteiger partial charge in [-0.25, -0.2) is 4.39 Å². The number of likely N-dealkylation sites (N-methyl/N-ethyl adjacent to an activating group) is 1. The molecule has 1 unspecified atom stereocenters. The van der Waals surface area contributed by atoms with Crippen molar-refractivity contribution in [2.75, 3.05) is 27.3 Å². The molecule has 0 aliphatic rings. The lowest BCUT2D eigenvalue weighted by atomic mass is 10.1. The van der Waals surface area contributed by atoms with Gasteiger partial charge in [-0.2, -0.15) is 0 Å². The standard InChI is InChI=1S/C17H22FNO3/c1-12-8-13(18)4-6-16(12)17-7-5-15(22-17)10-19(2)9-14(20)11-21-3/h4-8,14,20H,9-11H2,1-3H3. The number of hydrogen-bond donors (Lipinski definition) is 1. The van der Waals surface area contributed by atoms with E-state index >= 15 is 0 Å². The van der Waals surface area contributed by atoms with Crippen LogP contribution in [0.2, 0.25) is 0 Å². The summed E-state index contributed by atoms with van der Waals surface area (Å²) in [7, 11) is 3.47.